The molecule has 0 saturated heterocycles. The molecule has 3 rings (SSSR count). The highest BCUT2D eigenvalue weighted by Gasteiger charge is 2.15. The largest absolute Gasteiger partial charge is 0.497 e. The lowest BCUT2D eigenvalue weighted by Crippen LogP contribution is -2.14. The Labute approximate surface area is 170 Å². The molecule has 1 N–H and O–H groups in total. The van der Waals surface area contributed by atoms with Gasteiger partial charge in [-0.3, -0.25) is 4.79 Å². The van der Waals surface area contributed by atoms with Gasteiger partial charge in [-0.15, -0.1) is 5.10 Å². The van der Waals surface area contributed by atoms with Crippen molar-refractivity contribution >= 4 is 11.6 Å². The van der Waals surface area contributed by atoms with E-state index >= 15 is 0 Å². The summed E-state index contributed by atoms with van der Waals surface area (Å²) in [5.41, 5.74) is 2.36. The van der Waals surface area contributed by atoms with E-state index in [9.17, 15) is 4.79 Å². The maximum Gasteiger partial charge on any atom is 0.336 e. The molecule has 29 heavy (non-hydrogen) atoms. The van der Waals surface area contributed by atoms with E-state index in [-0.39, 0.29) is 5.91 Å². The van der Waals surface area contributed by atoms with Crippen LogP contribution in [0.2, 0.25) is 0 Å². The number of aromatic nitrogens is 3. The van der Waals surface area contributed by atoms with Crippen LogP contribution in [0.25, 0.3) is 17.1 Å². The van der Waals surface area contributed by atoms with Crippen molar-refractivity contribution in [1.29, 1.82) is 0 Å². The first-order valence-electron chi connectivity index (χ1n) is 9.64. The second-order valence-corrected chi connectivity index (χ2v) is 6.99. The summed E-state index contributed by atoms with van der Waals surface area (Å²) in [6, 6.07) is 15.4. The quantitative estimate of drug-likeness (QED) is 0.615. The summed E-state index contributed by atoms with van der Waals surface area (Å²) in [5.74, 6) is 1.69. The maximum absolute atomic E-state index is 12.1. The fourth-order valence-electron chi connectivity index (χ4n) is 2.89. The predicted molar refractivity (Wildman–Crippen MR) is 113 cm³/mol. The van der Waals surface area contributed by atoms with Crippen LogP contribution >= 0.6 is 0 Å². The molecule has 0 fully saturated rings. The first kappa shape index (κ1) is 20.4. The summed E-state index contributed by atoms with van der Waals surface area (Å²) < 4.78 is 12.5. The van der Waals surface area contributed by atoms with E-state index in [1.165, 1.54) is 0 Å². The Morgan fingerprint density at radius 3 is 2.59 bits per heavy atom. The van der Waals surface area contributed by atoms with Gasteiger partial charge in [0, 0.05) is 17.7 Å². The average molecular weight is 394 g/mol. The number of benzene rings is 2. The molecule has 0 aliphatic heterocycles. The Balaban J connectivity index is 1.96. The van der Waals surface area contributed by atoms with Crippen LogP contribution in [0, 0.1) is 5.92 Å². The number of hydrogen-bond donors (Lipinski definition) is 1. The molecule has 152 valence electrons. The molecule has 0 aliphatic carbocycles. The van der Waals surface area contributed by atoms with Crippen LogP contribution in [0.15, 0.2) is 48.5 Å². The zero-order chi connectivity index (χ0) is 20.8. The molecule has 0 spiro atoms. The Morgan fingerprint density at radius 1 is 1.17 bits per heavy atom. The normalized spacial score (nSPS) is 10.8. The SMILES string of the molecule is CCOc1nc(-c2ccc(OC)cc2)n(-c2cccc(NC(=O)CC(C)C)c2)n1. The lowest BCUT2D eigenvalue weighted by molar-refractivity contribution is -0.116. The summed E-state index contributed by atoms with van der Waals surface area (Å²) in [6.45, 7) is 6.39. The zero-order valence-electron chi connectivity index (χ0n) is 17.2. The van der Waals surface area contributed by atoms with Crippen LogP contribution < -0.4 is 14.8 Å². The number of nitrogens with one attached hydrogen (secondary N) is 1. The lowest BCUT2D eigenvalue weighted by Gasteiger charge is -2.10. The smallest absolute Gasteiger partial charge is 0.336 e. The highest BCUT2D eigenvalue weighted by atomic mass is 16.5. The molecule has 2 aromatic carbocycles. The van der Waals surface area contributed by atoms with Crippen molar-refractivity contribution in [1.82, 2.24) is 14.8 Å². The number of amides is 1. The highest BCUT2D eigenvalue weighted by Crippen LogP contribution is 2.26. The third kappa shape index (κ3) is 5.13. The summed E-state index contributed by atoms with van der Waals surface area (Å²) in [5, 5.41) is 7.44. The van der Waals surface area contributed by atoms with E-state index in [1.807, 2.05) is 69.3 Å². The number of nitrogens with zero attached hydrogens (tertiary/aromatic N) is 3. The topological polar surface area (TPSA) is 78.3 Å². The molecular weight excluding hydrogens is 368 g/mol. The van der Waals surface area contributed by atoms with Gasteiger partial charge in [-0.1, -0.05) is 19.9 Å². The van der Waals surface area contributed by atoms with Crippen molar-refractivity contribution in [3.8, 4) is 28.8 Å². The number of rotatable bonds is 8. The highest BCUT2D eigenvalue weighted by molar-refractivity contribution is 5.91. The standard InChI is InChI=1S/C22H26N4O3/c1-5-29-22-24-21(16-9-11-19(28-4)12-10-16)26(25-22)18-8-6-7-17(14-18)23-20(27)13-15(2)3/h6-12,14-15H,5,13H2,1-4H3,(H,23,27). The maximum atomic E-state index is 12.1. The molecule has 7 nitrogen and oxygen atoms in total. The second kappa shape index (κ2) is 9.23. The van der Waals surface area contributed by atoms with Crippen molar-refractivity contribution < 1.29 is 14.3 Å². The van der Waals surface area contributed by atoms with E-state index in [0.717, 1.165) is 17.0 Å². The number of ether oxygens (including phenoxy) is 2. The molecule has 7 heteroatoms. The molecule has 0 saturated carbocycles. The van der Waals surface area contributed by atoms with Crippen molar-refractivity contribution in [2.24, 2.45) is 5.92 Å². The number of carbonyl (C=O) groups excluding carboxylic acids is 1. The van der Waals surface area contributed by atoms with Gasteiger partial charge in [0.05, 0.1) is 19.4 Å². The van der Waals surface area contributed by atoms with Crippen molar-refractivity contribution in [3.63, 3.8) is 0 Å². The molecule has 1 aromatic heterocycles. The van der Waals surface area contributed by atoms with Crippen LogP contribution in [0.3, 0.4) is 0 Å². The van der Waals surface area contributed by atoms with Gasteiger partial charge in [-0.2, -0.15) is 4.98 Å². The minimum atomic E-state index is -0.0128. The van der Waals surface area contributed by atoms with Crippen LogP contribution in [0.1, 0.15) is 27.2 Å². The molecule has 0 atom stereocenters. The van der Waals surface area contributed by atoms with E-state index in [2.05, 4.69) is 15.4 Å². The molecule has 1 heterocycles. The predicted octanol–water partition coefficient (Wildman–Crippen LogP) is 4.33. The Bertz CT molecular complexity index is 964. The first-order valence-corrected chi connectivity index (χ1v) is 9.64. The van der Waals surface area contributed by atoms with E-state index < -0.39 is 0 Å². The van der Waals surface area contributed by atoms with Gasteiger partial charge in [0.1, 0.15) is 5.75 Å². The summed E-state index contributed by atoms with van der Waals surface area (Å²) >= 11 is 0. The molecule has 0 bridgehead atoms. The average Bonchev–Trinajstić information content (AvgIpc) is 3.12. The Hall–Kier alpha value is -3.35. The molecular formula is C22H26N4O3. The molecule has 1 amide bonds. The molecule has 0 unspecified atom stereocenters. The molecule has 0 aliphatic rings. The van der Waals surface area contributed by atoms with Gasteiger partial charge in [-0.05, 0) is 55.3 Å². The summed E-state index contributed by atoms with van der Waals surface area (Å²) in [4.78, 5) is 16.7. The summed E-state index contributed by atoms with van der Waals surface area (Å²) in [7, 11) is 1.63. The van der Waals surface area contributed by atoms with Crippen molar-refractivity contribution in [2.45, 2.75) is 27.2 Å². The summed E-state index contributed by atoms with van der Waals surface area (Å²) in [6.07, 6.45) is 0.471. The number of hydrogen-bond acceptors (Lipinski definition) is 5. The molecule has 0 radical (unpaired) electrons. The van der Waals surface area contributed by atoms with E-state index in [0.29, 0.717) is 36.5 Å². The fourth-order valence-corrected chi connectivity index (χ4v) is 2.89. The fraction of sp³-hybridized carbons (Fsp3) is 0.318. The van der Waals surface area contributed by atoms with Gasteiger partial charge >= 0.3 is 6.01 Å². The number of anilines is 1. The lowest BCUT2D eigenvalue weighted by atomic mass is 10.1. The van der Waals surface area contributed by atoms with Gasteiger partial charge in [-0.25, -0.2) is 4.68 Å². The van der Waals surface area contributed by atoms with Crippen molar-refractivity contribution in [2.75, 3.05) is 19.0 Å². The first-order chi connectivity index (χ1) is 14.0. The van der Waals surface area contributed by atoms with Gasteiger partial charge in [0.25, 0.3) is 0 Å². The van der Waals surface area contributed by atoms with Crippen LogP contribution in [-0.4, -0.2) is 34.4 Å². The van der Waals surface area contributed by atoms with E-state index in [4.69, 9.17) is 9.47 Å². The van der Waals surface area contributed by atoms with Crippen LogP contribution in [-0.2, 0) is 4.79 Å². The minimum Gasteiger partial charge on any atom is -0.497 e. The Kier molecular flexibility index (Phi) is 6.49. The van der Waals surface area contributed by atoms with Gasteiger partial charge in [0.15, 0.2) is 5.82 Å². The Morgan fingerprint density at radius 2 is 1.93 bits per heavy atom. The van der Waals surface area contributed by atoms with Crippen molar-refractivity contribution in [3.05, 3.63) is 48.5 Å². The van der Waals surface area contributed by atoms with Gasteiger partial charge in [0.2, 0.25) is 5.91 Å². The number of carbonyl (C=O) groups is 1. The van der Waals surface area contributed by atoms with Crippen LogP contribution in [0.5, 0.6) is 11.8 Å². The zero-order valence-corrected chi connectivity index (χ0v) is 17.2. The van der Waals surface area contributed by atoms with Crippen LogP contribution in [0.4, 0.5) is 5.69 Å². The minimum absolute atomic E-state index is 0.0128. The monoisotopic (exact) mass is 394 g/mol. The second-order valence-electron chi connectivity index (χ2n) is 6.99. The molecule has 3 aromatic rings. The third-order valence-electron chi connectivity index (χ3n) is 4.18. The number of methoxy groups -OCH3 is 1. The van der Waals surface area contributed by atoms with Gasteiger partial charge < -0.3 is 14.8 Å². The third-order valence-corrected chi connectivity index (χ3v) is 4.18. The van der Waals surface area contributed by atoms with E-state index in [1.54, 1.807) is 11.8 Å².